The highest BCUT2D eigenvalue weighted by Crippen LogP contribution is 2.33. The Kier molecular flexibility index (Phi) is 5.19. The van der Waals surface area contributed by atoms with E-state index in [1.165, 1.54) is 6.07 Å². The summed E-state index contributed by atoms with van der Waals surface area (Å²) in [5.41, 5.74) is 7.00. The van der Waals surface area contributed by atoms with E-state index in [9.17, 15) is 23.4 Å². The van der Waals surface area contributed by atoms with Gasteiger partial charge in [-0.05, 0) is 29.3 Å². The van der Waals surface area contributed by atoms with Crippen LogP contribution in [0.1, 0.15) is 17.2 Å². The van der Waals surface area contributed by atoms with Gasteiger partial charge in [0.25, 0.3) is 0 Å². The Bertz CT molecular complexity index is 503. The minimum atomic E-state index is -4.56. The number of benzene rings is 1. The van der Waals surface area contributed by atoms with E-state index >= 15 is 0 Å². The van der Waals surface area contributed by atoms with E-state index in [-0.39, 0.29) is 10.0 Å². The number of rotatable bonds is 4. The minimum absolute atomic E-state index is 0.118. The van der Waals surface area contributed by atoms with Crippen LogP contribution < -0.4 is 0 Å². The smallest absolute Gasteiger partial charge is 0.390 e. The molecule has 0 saturated carbocycles. The molecule has 1 rings (SSSR count). The first-order valence-electron chi connectivity index (χ1n) is 5.00. The number of nitrogens with zero attached hydrogens (tertiary/aromatic N) is 3. The first-order chi connectivity index (χ1) is 8.75. The van der Waals surface area contributed by atoms with E-state index in [0.717, 1.165) is 12.1 Å². The van der Waals surface area contributed by atoms with Gasteiger partial charge in [-0.1, -0.05) is 21.0 Å². The largest absolute Gasteiger partial charge is 0.416 e. The highest BCUT2D eigenvalue weighted by atomic mass is 79.9. The number of azide groups is 1. The molecule has 2 N–H and O–H groups in total. The summed E-state index contributed by atoms with van der Waals surface area (Å²) in [4.78, 5) is 2.39. The van der Waals surface area contributed by atoms with Gasteiger partial charge in [0.1, 0.15) is 6.10 Å². The van der Waals surface area contributed by atoms with Crippen LogP contribution in [0.2, 0.25) is 0 Å². The molecule has 2 unspecified atom stereocenters. The van der Waals surface area contributed by atoms with Crippen molar-refractivity contribution in [3.05, 3.63) is 44.2 Å². The molecule has 0 aliphatic carbocycles. The lowest BCUT2D eigenvalue weighted by molar-refractivity contribution is -0.137. The SMILES string of the molecule is [N-]=[N+]=NCC(O)C(O)c1cc(Br)cc(C(F)(F)F)c1. The van der Waals surface area contributed by atoms with Gasteiger partial charge in [0.15, 0.2) is 0 Å². The summed E-state index contributed by atoms with van der Waals surface area (Å²) in [5, 5.41) is 22.2. The summed E-state index contributed by atoms with van der Waals surface area (Å²) in [6, 6.07) is 2.84. The fourth-order valence-electron chi connectivity index (χ4n) is 1.39. The molecule has 104 valence electrons. The van der Waals surface area contributed by atoms with Crippen LogP contribution in [0.4, 0.5) is 13.2 Å². The van der Waals surface area contributed by atoms with Crippen molar-refractivity contribution < 1.29 is 23.4 Å². The molecule has 0 aromatic heterocycles. The summed E-state index contributed by atoms with van der Waals surface area (Å²) in [5.74, 6) is 0. The monoisotopic (exact) mass is 339 g/mol. The van der Waals surface area contributed by atoms with E-state index in [1.54, 1.807) is 0 Å². The second-order valence-electron chi connectivity index (χ2n) is 3.70. The Morgan fingerprint density at radius 2 is 1.95 bits per heavy atom. The fraction of sp³-hybridized carbons (Fsp3) is 0.400. The van der Waals surface area contributed by atoms with Crippen molar-refractivity contribution in [2.24, 2.45) is 5.11 Å². The molecule has 2 atom stereocenters. The molecule has 1 aromatic carbocycles. The van der Waals surface area contributed by atoms with E-state index in [4.69, 9.17) is 5.53 Å². The third-order valence-corrected chi connectivity index (χ3v) is 2.74. The molecule has 0 radical (unpaired) electrons. The van der Waals surface area contributed by atoms with E-state index in [0.29, 0.717) is 0 Å². The average Bonchev–Trinajstić information content (AvgIpc) is 2.33. The van der Waals surface area contributed by atoms with Crippen molar-refractivity contribution in [2.75, 3.05) is 6.54 Å². The van der Waals surface area contributed by atoms with Crippen LogP contribution in [-0.4, -0.2) is 22.9 Å². The van der Waals surface area contributed by atoms with Crippen LogP contribution in [-0.2, 0) is 6.18 Å². The molecule has 0 amide bonds. The molecule has 0 aliphatic rings. The molecule has 0 aliphatic heterocycles. The molecule has 0 fully saturated rings. The van der Waals surface area contributed by atoms with Crippen LogP contribution in [0, 0.1) is 0 Å². The van der Waals surface area contributed by atoms with Gasteiger partial charge in [-0.3, -0.25) is 0 Å². The third-order valence-electron chi connectivity index (χ3n) is 2.29. The van der Waals surface area contributed by atoms with E-state index < -0.39 is 30.5 Å². The van der Waals surface area contributed by atoms with Crippen LogP contribution in [0.3, 0.4) is 0 Å². The van der Waals surface area contributed by atoms with Gasteiger partial charge in [-0.25, -0.2) is 0 Å². The predicted octanol–water partition coefficient (Wildman–Crippen LogP) is 3.17. The molecular formula is C10H9BrF3N3O2. The Hall–Kier alpha value is -1.28. The standard InChI is InChI=1S/C10H9BrF3N3O2/c11-7-2-5(1-6(3-7)10(12,13)14)9(19)8(18)4-16-17-15/h1-3,8-9,18-19H,4H2. The Labute approximate surface area is 114 Å². The maximum atomic E-state index is 12.6. The summed E-state index contributed by atoms with van der Waals surface area (Å²) < 4.78 is 37.9. The molecule has 0 heterocycles. The Morgan fingerprint density at radius 1 is 1.32 bits per heavy atom. The average molecular weight is 340 g/mol. The summed E-state index contributed by atoms with van der Waals surface area (Å²) in [7, 11) is 0. The lowest BCUT2D eigenvalue weighted by Crippen LogP contribution is -2.21. The minimum Gasteiger partial charge on any atom is -0.390 e. The van der Waals surface area contributed by atoms with Gasteiger partial charge in [-0.15, -0.1) is 0 Å². The summed E-state index contributed by atoms with van der Waals surface area (Å²) in [6.07, 6.45) is -7.62. The lowest BCUT2D eigenvalue weighted by atomic mass is 10.0. The number of hydrogen-bond donors (Lipinski definition) is 2. The van der Waals surface area contributed by atoms with Crippen molar-refractivity contribution in [1.29, 1.82) is 0 Å². The molecule has 0 saturated heterocycles. The topological polar surface area (TPSA) is 89.2 Å². The highest BCUT2D eigenvalue weighted by Gasteiger charge is 2.32. The van der Waals surface area contributed by atoms with Gasteiger partial charge >= 0.3 is 6.18 Å². The molecular weight excluding hydrogens is 331 g/mol. The maximum Gasteiger partial charge on any atom is 0.416 e. The fourth-order valence-corrected chi connectivity index (χ4v) is 1.90. The zero-order chi connectivity index (χ0) is 14.6. The number of aliphatic hydroxyl groups excluding tert-OH is 2. The van der Waals surface area contributed by atoms with E-state index in [2.05, 4.69) is 26.0 Å². The third kappa shape index (κ3) is 4.39. The van der Waals surface area contributed by atoms with Crippen molar-refractivity contribution in [2.45, 2.75) is 18.4 Å². The molecule has 5 nitrogen and oxygen atoms in total. The Morgan fingerprint density at radius 3 is 2.47 bits per heavy atom. The number of hydrogen-bond acceptors (Lipinski definition) is 3. The van der Waals surface area contributed by atoms with Crippen molar-refractivity contribution in [3.8, 4) is 0 Å². The number of halogens is 4. The number of alkyl halides is 3. The quantitative estimate of drug-likeness (QED) is 0.501. The van der Waals surface area contributed by atoms with Crippen LogP contribution in [0.15, 0.2) is 27.8 Å². The van der Waals surface area contributed by atoms with Gasteiger partial charge in [0, 0.05) is 9.38 Å². The summed E-state index contributed by atoms with van der Waals surface area (Å²) in [6.45, 7) is -0.439. The molecule has 0 bridgehead atoms. The van der Waals surface area contributed by atoms with Gasteiger partial charge in [0.05, 0.1) is 18.2 Å². The first-order valence-corrected chi connectivity index (χ1v) is 5.79. The molecule has 9 heteroatoms. The van der Waals surface area contributed by atoms with E-state index in [1.807, 2.05) is 0 Å². The highest BCUT2D eigenvalue weighted by molar-refractivity contribution is 9.10. The normalized spacial score (nSPS) is 14.6. The lowest BCUT2D eigenvalue weighted by Gasteiger charge is -2.18. The molecule has 0 spiro atoms. The van der Waals surface area contributed by atoms with Crippen LogP contribution in [0.5, 0.6) is 0 Å². The molecule has 1 aromatic rings. The first kappa shape index (κ1) is 15.8. The maximum absolute atomic E-state index is 12.6. The predicted molar refractivity (Wildman–Crippen MR) is 64.1 cm³/mol. The second-order valence-corrected chi connectivity index (χ2v) is 4.61. The zero-order valence-corrected chi connectivity index (χ0v) is 10.9. The van der Waals surface area contributed by atoms with Gasteiger partial charge < -0.3 is 10.2 Å². The van der Waals surface area contributed by atoms with Crippen molar-refractivity contribution in [3.63, 3.8) is 0 Å². The van der Waals surface area contributed by atoms with Gasteiger partial charge in [-0.2, -0.15) is 13.2 Å². The van der Waals surface area contributed by atoms with Crippen LogP contribution >= 0.6 is 15.9 Å². The number of aliphatic hydroxyl groups is 2. The zero-order valence-electron chi connectivity index (χ0n) is 9.34. The van der Waals surface area contributed by atoms with Gasteiger partial charge in [0.2, 0.25) is 0 Å². The Balaban J connectivity index is 3.06. The van der Waals surface area contributed by atoms with Crippen molar-refractivity contribution >= 4 is 15.9 Å². The second kappa shape index (κ2) is 6.25. The van der Waals surface area contributed by atoms with Crippen molar-refractivity contribution in [1.82, 2.24) is 0 Å². The van der Waals surface area contributed by atoms with Crippen LogP contribution in [0.25, 0.3) is 10.4 Å². The molecule has 19 heavy (non-hydrogen) atoms. The summed E-state index contributed by atoms with van der Waals surface area (Å²) >= 11 is 2.90.